The number of nitrogens with zero attached hydrogens (tertiary/aromatic N) is 1. The molecule has 1 saturated carbocycles. The number of rotatable bonds is 4. The van der Waals surface area contributed by atoms with Gasteiger partial charge in [0, 0.05) is 24.4 Å². The fourth-order valence-corrected chi connectivity index (χ4v) is 3.99. The van der Waals surface area contributed by atoms with Crippen molar-refractivity contribution in [2.24, 2.45) is 5.92 Å². The third-order valence-corrected chi connectivity index (χ3v) is 4.89. The van der Waals surface area contributed by atoms with E-state index >= 15 is 0 Å². The molecule has 1 aromatic rings. The molecule has 4 heteroatoms. The number of fused-ring (bicyclic) bond motifs is 3. The first-order valence-electron chi connectivity index (χ1n) is 7.81. The van der Waals surface area contributed by atoms with E-state index in [2.05, 4.69) is 11.8 Å². The van der Waals surface area contributed by atoms with Gasteiger partial charge < -0.3 is 9.84 Å². The number of benzene rings is 1. The number of aromatic hydroxyl groups is 1. The monoisotopic (exact) mass is 289 g/mol. The topological polar surface area (TPSA) is 49.8 Å². The number of carbonyl (C=O) groups excluding carboxylic acids is 1. The second kappa shape index (κ2) is 5.68. The molecular weight excluding hydrogens is 266 g/mol. The molecule has 0 radical (unpaired) electrons. The maximum absolute atomic E-state index is 12.3. The number of ketones is 1. The predicted octanol–water partition coefficient (Wildman–Crippen LogP) is 2.91. The average molecular weight is 289 g/mol. The van der Waals surface area contributed by atoms with Crippen LogP contribution in [0.1, 0.15) is 44.2 Å². The van der Waals surface area contributed by atoms with E-state index in [4.69, 9.17) is 4.74 Å². The van der Waals surface area contributed by atoms with Crippen molar-refractivity contribution in [1.29, 1.82) is 0 Å². The molecule has 3 unspecified atom stereocenters. The first kappa shape index (κ1) is 14.4. The van der Waals surface area contributed by atoms with Crippen molar-refractivity contribution < 1.29 is 14.6 Å². The molecule has 0 amide bonds. The lowest BCUT2D eigenvalue weighted by atomic mass is 9.71. The van der Waals surface area contributed by atoms with Crippen LogP contribution in [0.3, 0.4) is 0 Å². The average Bonchev–Trinajstić information content (AvgIpc) is 2.48. The molecule has 1 N–H and O–H groups in total. The standard InChI is InChI=1S/C17H23NO3/c1-3-8-18-12-5-6-13(14(19)10-12)17(18)11-4-7-16(21-2)15(20)9-11/h4,7,9,12-13,17,20H,3,5-6,8,10H2,1-2H3. The number of Topliss-reactive ketones (excluding diaryl/α,β-unsaturated/α-hetero) is 1. The number of carbonyl (C=O) groups is 1. The summed E-state index contributed by atoms with van der Waals surface area (Å²) in [6.07, 6.45) is 3.87. The highest BCUT2D eigenvalue weighted by atomic mass is 16.5. The van der Waals surface area contributed by atoms with Gasteiger partial charge in [-0.3, -0.25) is 9.69 Å². The Hall–Kier alpha value is -1.55. The van der Waals surface area contributed by atoms with E-state index in [9.17, 15) is 9.90 Å². The van der Waals surface area contributed by atoms with Crippen molar-refractivity contribution in [1.82, 2.24) is 4.90 Å². The summed E-state index contributed by atoms with van der Waals surface area (Å²) in [6.45, 7) is 3.18. The zero-order valence-corrected chi connectivity index (χ0v) is 12.7. The first-order chi connectivity index (χ1) is 10.2. The van der Waals surface area contributed by atoms with Crippen LogP contribution in [0.5, 0.6) is 11.5 Å². The van der Waals surface area contributed by atoms with Crippen LogP contribution < -0.4 is 4.74 Å². The lowest BCUT2D eigenvalue weighted by molar-refractivity contribution is -0.138. The second-order valence-electron chi connectivity index (χ2n) is 6.12. The van der Waals surface area contributed by atoms with Crippen LogP contribution in [0.25, 0.3) is 0 Å². The van der Waals surface area contributed by atoms with E-state index in [1.54, 1.807) is 19.2 Å². The van der Waals surface area contributed by atoms with Gasteiger partial charge in [0.05, 0.1) is 7.11 Å². The maximum Gasteiger partial charge on any atom is 0.160 e. The molecule has 3 aliphatic rings. The molecule has 3 atom stereocenters. The normalized spacial score (nSPS) is 28.9. The SMILES string of the molecule is CCCN1C2CCC(C(=O)C2)C1c1ccc(OC)c(O)c1. The molecule has 2 aliphatic heterocycles. The van der Waals surface area contributed by atoms with Gasteiger partial charge in [-0.2, -0.15) is 0 Å². The molecule has 4 nitrogen and oxygen atoms in total. The van der Waals surface area contributed by atoms with Gasteiger partial charge in [-0.15, -0.1) is 0 Å². The number of hydrogen-bond acceptors (Lipinski definition) is 4. The molecule has 2 bridgehead atoms. The van der Waals surface area contributed by atoms with Crippen LogP contribution in [0.2, 0.25) is 0 Å². The lowest BCUT2D eigenvalue weighted by Gasteiger charge is -2.50. The minimum absolute atomic E-state index is 0.0781. The molecule has 0 aromatic heterocycles. The molecule has 0 spiro atoms. The molecule has 2 saturated heterocycles. The van der Waals surface area contributed by atoms with Gasteiger partial charge >= 0.3 is 0 Å². The fraction of sp³-hybridized carbons (Fsp3) is 0.588. The van der Waals surface area contributed by atoms with Crippen LogP contribution >= 0.6 is 0 Å². The summed E-state index contributed by atoms with van der Waals surface area (Å²) < 4.78 is 5.11. The van der Waals surface area contributed by atoms with Gasteiger partial charge in [0.2, 0.25) is 0 Å². The molecule has 2 heterocycles. The first-order valence-corrected chi connectivity index (χ1v) is 7.81. The van der Waals surface area contributed by atoms with Crippen LogP contribution in [-0.2, 0) is 4.79 Å². The van der Waals surface area contributed by atoms with Crippen molar-refractivity contribution in [3.05, 3.63) is 23.8 Å². The van der Waals surface area contributed by atoms with E-state index in [0.717, 1.165) is 31.4 Å². The Morgan fingerprint density at radius 2 is 2.19 bits per heavy atom. The summed E-state index contributed by atoms with van der Waals surface area (Å²) in [7, 11) is 1.55. The summed E-state index contributed by atoms with van der Waals surface area (Å²) >= 11 is 0. The van der Waals surface area contributed by atoms with Gasteiger partial charge in [0.25, 0.3) is 0 Å². The van der Waals surface area contributed by atoms with Crippen molar-refractivity contribution in [3.63, 3.8) is 0 Å². The smallest absolute Gasteiger partial charge is 0.160 e. The third kappa shape index (κ3) is 2.42. The highest BCUT2D eigenvalue weighted by Crippen LogP contribution is 2.46. The molecule has 21 heavy (non-hydrogen) atoms. The minimum atomic E-state index is 0.0781. The van der Waals surface area contributed by atoms with E-state index in [0.29, 0.717) is 24.0 Å². The minimum Gasteiger partial charge on any atom is -0.504 e. The molecule has 1 aliphatic carbocycles. The summed E-state index contributed by atoms with van der Waals surface area (Å²) in [5, 5.41) is 10.0. The summed E-state index contributed by atoms with van der Waals surface area (Å²) in [5.41, 5.74) is 1.03. The van der Waals surface area contributed by atoms with Crippen LogP contribution in [0.15, 0.2) is 18.2 Å². The largest absolute Gasteiger partial charge is 0.504 e. The number of ether oxygens (including phenoxy) is 1. The van der Waals surface area contributed by atoms with Gasteiger partial charge in [-0.25, -0.2) is 0 Å². The van der Waals surface area contributed by atoms with Crippen molar-refractivity contribution in [3.8, 4) is 11.5 Å². The highest BCUT2D eigenvalue weighted by Gasteiger charge is 2.46. The summed E-state index contributed by atoms with van der Waals surface area (Å²) in [6, 6.07) is 6.03. The van der Waals surface area contributed by atoms with Crippen LogP contribution in [-0.4, -0.2) is 35.5 Å². The van der Waals surface area contributed by atoms with Gasteiger partial charge in [-0.1, -0.05) is 13.0 Å². The van der Waals surface area contributed by atoms with Crippen LogP contribution in [0, 0.1) is 5.92 Å². The van der Waals surface area contributed by atoms with Crippen molar-refractivity contribution >= 4 is 5.78 Å². The Balaban J connectivity index is 1.97. The zero-order chi connectivity index (χ0) is 15.0. The quantitative estimate of drug-likeness (QED) is 0.926. The zero-order valence-electron chi connectivity index (χ0n) is 12.7. The Bertz CT molecular complexity index is 543. The Morgan fingerprint density at radius 3 is 2.81 bits per heavy atom. The van der Waals surface area contributed by atoms with Crippen molar-refractivity contribution in [2.75, 3.05) is 13.7 Å². The molecular formula is C17H23NO3. The fourth-order valence-electron chi connectivity index (χ4n) is 3.99. The summed E-state index contributed by atoms with van der Waals surface area (Å²) in [5.74, 6) is 1.10. The molecule has 114 valence electrons. The second-order valence-corrected chi connectivity index (χ2v) is 6.12. The Kier molecular flexibility index (Phi) is 3.89. The molecule has 1 aromatic carbocycles. The van der Waals surface area contributed by atoms with Gasteiger partial charge in [0.1, 0.15) is 5.78 Å². The van der Waals surface area contributed by atoms with Gasteiger partial charge in [-0.05, 0) is 43.5 Å². The van der Waals surface area contributed by atoms with E-state index in [-0.39, 0.29) is 17.7 Å². The van der Waals surface area contributed by atoms with Crippen LogP contribution in [0.4, 0.5) is 0 Å². The Morgan fingerprint density at radius 1 is 1.38 bits per heavy atom. The van der Waals surface area contributed by atoms with E-state index < -0.39 is 0 Å². The summed E-state index contributed by atoms with van der Waals surface area (Å²) in [4.78, 5) is 14.8. The highest BCUT2D eigenvalue weighted by molar-refractivity contribution is 5.84. The number of piperidine rings is 2. The van der Waals surface area contributed by atoms with E-state index in [1.165, 1.54) is 0 Å². The lowest BCUT2D eigenvalue weighted by Crippen LogP contribution is -2.54. The maximum atomic E-state index is 12.3. The number of phenols is 1. The Labute approximate surface area is 125 Å². The third-order valence-electron chi connectivity index (χ3n) is 4.89. The molecule has 3 fully saturated rings. The molecule has 4 rings (SSSR count). The number of hydrogen-bond donors (Lipinski definition) is 1. The number of methoxy groups -OCH3 is 1. The number of phenolic OH excluding ortho intramolecular Hbond substituents is 1. The van der Waals surface area contributed by atoms with Crippen molar-refractivity contribution in [2.45, 2.75) is 44.7 Å². The van der Waals surface area contributed by atoms with E-state index in [1.807, 2.05) is 6.07 Å². The van der Waals surface area contributed by atoms with Gasteiger partial charge in [0.15, 0.2) is 11.5 Å². The predicted molar refractivity (Wildman–Crippen MR) is 80.5 cm³/mol.